The summed E-state index contributed by atoms with van der Waals surface area (Å²) >= 11 is 0. The number of non-ortho nitro benzene ring substituents is 1. The Morgan fingerprint density at radius 1 is 1.31 bits per heavy atom. The Kier molecular flexibility index (Phi) is 3.98. The molecule has 0 unspecified atom stereocenters. The molecule has 0 aliphatic rings. The number of hydrogen-bond donors (Lipinski definition) is 1. The van der Waals surface area contributed by atoms with Gasteiger partial charge in [-0.2, -0.15) is 0 Å². The van der Waals surface area contributed by atoms with E-state index in [2.05, 4.69) is 14.1 Å². The van der Waals surface area contributed by atoms with Crippen LogP contribution in [0.15, 0.2) is 24.3 Å². The van der Waals surface area contributed by atoms with Crippen LogP contribution in [-0.2, 0) is 6.54 Å². The van der Waals surface area contributed by atoms with Gasteiger partial charge in [0.1, 0.15) is 6.54 Å². The van der Waals surface area contributed by atoms with Crippen molar-refractivity contribution in [3.8, 4) is 0 Å². The fourth-order valence-electron chi connectivity index (χ4n) is 1.65. The second kappa shape index (κ2) is 5.05. The molecule has 0 fully saturated rings. The summed E-state index contributed by atoms with van der Waals surface area (Å²) < 4.78 is 0.786. The van der Waals surface area contributed by atoms with Crippen molar-refractivity contribution in [1.29, 1.82) is 0 Å². The number of quaternary nitrogens is 1. The summed E-state index contributed by atoms with van der Waals surface area (Å²) in [5, 5.41) is 10.5. The summed E-state index contributed by atoms with van der Waals surface area (Å²) in [5.41, 5.74) is 6.75. The van der Waals surface area contributed by atoms with E-state index in [1.54, 1.807) is 12.1 Å². The third-order valence-electron chi connectivity index (χ3n) is 2.49. The van der Waals surface area contributed by atoms with Crippen LogP contribution in [-0.4, -0.2) is 36.6 Å². The molecule has 0 atom stereocenters. The van der Waals surface area contributed by atoms with Gasteiger partial charge in [-0.25, -0.2) is 0 Å². The highest BCUT2D eigenvalue weighted by atomic mass is 16.6. The number of hydrogen-bond acceptors (Lipinski definition) is 3. The molecule has 0 amide bonds. The lowest BCUT2D eigenvalue weighted by molar-refractivity contribution is -0.902. The van der Waals surface area contributed by atoms with E-state index in [1.165, 1.54) is 12.1 Å². The number of nitrogens with two attached hydrogens (primary N) is 1. The van der Waals surface area contributed by atoms with Gasteiger partial charge in [-0.05, 0) is 12.1 Å². The fourth-order valence-corrected chi connectivity index (χ4v) is 1.65. The van der Waals surface area contributed by atoms with Crippen molar-refractivity contribution < 1.29 is 9.41 Å². The molecule has 2 N–H and O–H groups in total. The Bertz CT molecular complexity index is 360. The molecule has 1 aromatic rings. The summed E-state index contributed by atoms with van der Waals surface area (Å²) in [5.74, 6) is 0. The minimum Gasteiger partial charge on any atom is -0.326 e. The normalized spacial score (nSPS) is 11.4. The molecular weight excluding hydrogens is 206 g/mol. The average molecular weight is 224 g/mol. The molecule has 0 heterocycles. The summed E-state index contributed by atoms with van der Waals surface area (Å²) in [7, 11) is 4.18. The number of nitrogens with zero attached hydrogens (tertiary/aromatic N) is 2. The minimum absolute atomic E-state index is 0.132. The van der Waals surface area contributed by atoms with Crippen LogP contribution in [0.3, 0.4) is 0 Å². The van der Waals surface area contributed by atoms with Gasteiger partial charge in [0.2, 0.25) is 0 Å². The Hall–Kier alpha value is -1.46. The van der Waals surface area contributed by atoms with Gasteiger partial charge in [-0.3, -0.25) is 10.1 Å². The van der Waals surface area contributed by atoms with Crippen molar-refractivity contribution in [2.24, 2.45) is 5.73 Å². The largest absolute Gasteiger partial charge is 0.326 e. The second-order valence-corrected chi connectivity index (χ2v) is 4.53. The lowest BCUT2D eigenvalue weighted by Gasteiger charge is -2.29. The van der Waals surface area contributed by atoms with Crippen molar-refractivity contribution >= 4 is 5.69 Å². The van der Waals surface area contributed by atoms with Gasteiger partial charge in [0.05, 0.1) is 25.6 Å². The highest BCUT2D eigenvalue weighted by molar-refractivity contribution is 5.32. The van der Waals surface area contributed by atoms with E-state index in [-0.39, 0.29) is 10.6 Å². The van der Waals surface area contributed by atoms with Gasteiger partial charge in [-0.15, -0.1) is 0 Å². The molecule has 0 aliphatic heterocycles. The maximum absolute atomic E-state index is 10.5. The molecule has 0 aliphatic carbocycles. The number of benzene rings is 1. The molecule has 0 radical (unpaired) electrons. The molecule has 5 heteroatoms. The maximum atomic E-state index is 10.5. The smallest absolute Gasteiger partial charge is 0.269 e. The third-order valence-corrected chi connectivity index (χ3v) is 2.49. The molecule has 0 spiro atoms. The quantitative estimate of drug-likeness (QED) is 0.463. The lowest BCUT2D eigenvalue weighted by atomic mass is 10.2. The van der Waals surface area contributed by atoms with Gasteiger partial charge >= 0.3 is 0 Å². The zero-order valence-electron chi connectivity index (χ0n) is 9.72. The second-order valence-electron chi connectivity index (χ2n) is 4.53. The first kappa shape index (κ1) is 12.6. The number of rotatable bonds is 5. The molecule has 1 aromatic carbocycles. The van der Waals surface area contributed by atoms with Crippen LogP contribution in [0.25, 0.3) is 0 Å². The zero-order valence-corrected chi connectivity index (χ0v) is 9.72. The van der Waals surface area contributed by atoms with Crippen LogP contribution >= 0.6 is 0 Å². The van der Waals surface area contributed by atoms with Crippen LogP contribution in [0.1, 0.15) is 5.56 Å². The summed E-state index contributed by atoms with van der Waals surface area (Å²) in [6.07, 6.45) is 0. The van der Waals surface area contributed by atoms with Crippen LogP contribution in [0.2, 0.25) is 0 Å². The SMILES string of the molecule is C[N+](C)(CCN)Cc1ccc([N+](=O)[O-])cc1. The molecule has 0 saturated carbocycles. The fraction of sp³-hybridized carbons (Fsp3) is 0.455. The Labute approximate surface area is 95.2 Å². The first-order valence-corrected chi connectivity index (χ1v) is 5.20. The van der Waals surface area contributed by atoms with E-state index in [0.29, 0.717) is 6.54 Å². The molecule has 0 saturated heterocycles. The zero-order chi connectivity index (χ0) is 12.2. The molecule has 0 aromatic heterocycles. The van der Waals surface area contributed by atoms with Crippen LogP contribution < -0.4 is 5.73 Å². The monoisotopic (exact) mass is 224 g/mol. The van der Waals surface area contributed by atoms with E-state index in [1.807, 2.05) is 0 Å². The van der Waals surface area contributed by atoms with Crippen molar-refractivity contribution in [2.75, 3.05) is 27.2 Å². The molecule has 0 bridgehead atoms. The van der Waals surface area contributed by atoms with Crippen LogP contribution in [0.5, 0.6) is 0 Å². The van der Waals surface area contributed by atoms with Gasteiger partial charge in [-0.1, -0.05) is 0 Å². The molecule has 88 valence electrons. The van der Waals surface area contributed by atoms with E-state index in [4.69, 9.17) is 5.73 Å². The van der Waals surface area contributed by atoms with Crippen molar-refractivity contribution in [1.82, 2.24) is 0 Å². The van der Waals surface area contributed by atoms with E-state index in [0.717, 1.165) is 23.1 Å². The molecular formula is C11H18N3O2+. The van der Waals surface area contributed by atoms with E-state index >= 15 is 0 Å². The van der Waals surface area contributed by atoms with Crippen LogP contribution in [0, 0.1) is 10.1 Å². The van der Waals surface area contributed by atoms with Crippen molar-refractivity contribution in [3.63, 3.8) is 0 Å². The third kappa shape index (κ3) is 3.60. The Morgan fingerprint density at radius 2 is 1.88 bits per heavy atom. The summed E-state index contributed by atoms with van der Waals surface area (Å²) in [6.45, 7) is 2.35. The van der Waals surface area contributed by atoms with E-state index in [9.17, 15) is 10.1 Å². The number of nitro benzene ring substituents is 1. The molecule has 1 rings (SSSR count). The Balaban J connectivity index is 2.72. The predicted molar refractivity (Wildman–Crippen MR) is 62.8 cm³/mol. The average Bonchev–Trinajstić information content (AvgIpc) is 2.17. The first-order chi connectivity index (χ1) is 7.44. The topological polar surface area (TPSA) is 69.2 Å². The summed E-state index contributed by atoms with van der Waals surface area (Å²) in [6, 6.07) is 6.68. The van der Waals surface area contributed by atoms with Gasteiger partial charge in [0.15, 0.2) is 0 Å². The first-order valence-electron chi connectivity index (χ1n) is 5.20. The number of nitro groups is 1. The number of likely N-dealkylation sites (N-methyl/N-ethyl adjacent to an activating group) is 1. The predicted octanol–water partition coefficient (Wildman–Crippen LogP) is 1.13. The van der Waals surface area contributed by atoms with Gasteiger partial charge in [0.25, 0.3) is 5.69 Å². The Morgan fingerprint density at radius 3 is 2.31 bits per heavy atom. The van der Waals surface area contributed by atoms with Crippen molar-refractivity contribution in [2.45, 2.75) is 6.54 Å². The summed E-state index contributed by atoms with van der Waals surface area (Å²) in [4.78, 5) is 10.1. The minimum atomic E-state index is -0.385. The highest BCUT2D eigenvalue weighted by Crippen LogP contribution is 2.14. The van der Waals surface area contributed by atoms with Crippen molar-refractivity contribution in [3.05, 3.63) is 39.9 Å². The molecule has 5 nitrogen and oxygen atoms in total. The lowest BCUT2D eigenvalue weighted by Crippen LogP contribution is -2.42. The standard InChI is InChI=1S/C11H18N3O2/c1-14(2,8-7-12)9-10-3-5-11(6-4-10)13(15)16/h3-6H,7-9,12H2,1-2H3/q+1. The van der Waals surface area contributed by atoms with E-state index < -0.39 is 0 Å². The maximum Gasteiger partial charge on any atom is 0.269 e. The van der Waals surface area contributed by atoms with Gasteiger partial charge in [0, 0.05) is 24.2 Å². The highest BCUT2D eigenvalue weighted by Gasteiger charge is 2.15. The van der Waals surface area contributed by atoms with Gasteiger partial charge < -0.3 is 10.2 Å². The van der Waals surface area contributed by atoms with Crippen LogP contribution in [0.4, 0.5) is 5.69 Å². The molecule has 16 heavy (non-hydrogen) atoms.